The molecular formula is C10H14OS. The van der Waals surface area contributed by atoms with E-state index in [4.69, 9.17) is 0 Å². The average Bonchev–Trinajstić information content (AvgIpc) is 2.32. The third-order valence-electron chi connectivity index (χ3n) is 1.52. The molecule has 0 saturated heterocycles. The van der Waals surface area contributed by atoms with Gasteiger partial charge in [-0.25, -0.2) is 0 Å². The van der Waals surface area contributed by atoms with Gasteiger partial charge in [0.05, 0.1) is 4.88 Å². The van der Waals surface area contributed by atoms with Gasteiger partial charge in [0.1, 0.15) is 0 Å². The van der Waals surface area contributed by atoms with Crippen molar-refractivity contribution in [3.63, 3.8) is 0 Å². The van der Waals surface area contributed by atoms with Crippen LogP contribution in [0.4, 0.5) is 0 Å². The van der Waals surface area contributed by atoms with Crippen LogP contribution < -0.4 is 0 Å². The van der Waals surface area contributed by atoms with Gasteiger partial charge in [-0.3, -0.25) is 4.79 Å². The van der Waals surface area contributed by atoms with Gasteiger partial charge in [-0.15, -0.1) is 11.3 Å². The Hall–Kier alpha value is -0.630. The van der Waals surface area contributed by atoms with E-state index in [2.05, 4.69) is 26.2 Å². The predicted octanol–water partition coefficient (Wildman–Crippen LogP) is 3.15. The lowest BCUT2D eigenvalue weighted by Gasteiger charge is -2.16. The van der Waals surface area contributed by atoms with Gasteiger partial charge in [-0.05, 0) is 28.8 Å². The molecule has 1 aromatic rings. The second kappa shape index (κ2) is 3.40. The Balaban J connectivity index is 2.70. The lowest BCUT2D eigenvalue weighted by atomic mass is 9.89. The molecule has 0 fully saturated rings. The molecule has 2 heteroatoms. The Morgan fingerprint density at radius 2 is 2.17 bits per heavy atom. The lowest BCUT2D eigenvalue weighted by molar-refractivity contribution is 0.112. The molecule has 1 nitrogen and oxygen atoms in total. The van der Waals surface area contributed by atoms with Crippen LogP contribution in [0.15, 0.2) is 11.4 Å². The van der Waals surface area contributed by atoms with Crippen molar-refractivity contribution in [2.24, 2.45) is 5.41 Å². The van der Waals surface area contributed by atoms with Gasteiger partial charge in [-0.1, -0.05) is 20.8 Å². The van der Waals surface area contributed by atoms with Gasteiger partial charge in [0.2, 0.25) is 0 Å². The second-order valence-electron chi connectivity index (χ2n) is 4.21. The molecule has 12 heavy (non-hydrogen) atoms. The van der Waals surface area contributed by atoms with Gasteiger partial charge in [0.25, 0.3) is 0 Å². The molecule has 0 aliphatic rings. The van der Waals surface area contributed by atoms with Crippen molar-refractivity contribution in [2.45, 2.75) is 27.2 Å². The topological polar surface area (TPSA) is 17.1 Å². The van der Waals surface area contributed by atoms with Crippen LogP contribution in [0.1, 0.15) is 36.0 Å². The summed E-state index contributed by atoms with van der Waals surface area (Å²) in [7, 11) is 0. The summed E-state index contributed by atoms with van der Waals surface area (Å²) in [5.74, 6) is 0. The van der Waals surface area contributed by atoms with Crippen LogP contribution in [0.25, 0.3) is 0 Å². The Kier molecular flexibility index (Phi) is 2.68. The van der Waals surface area contributed by atoms with E-state index in [9.17, 15) is 4.79 Å². The van der Waals surface area contributed by atoms with Crippen LogP contribution in [-0.2, 0) is 6.42 Å². The van der Waals surface area contributed by atoms with Crippen molar-refractivity contribution in [1.29, 1.82) is 0 Å². The highest BCUT2D eigenvalue weighted by Gasteiger charge is 2.12. The van der Waals surface area contributed by atoms with E-state index in [1.165, 1.54) is 16.9 Å². The standard InChI is InChI=1S/C10H14OS/c1-10(2,3)5-8-4-9(6-11)12-7-8/h4,6-7H,5H2,1-3H3. The fourth-order valence-electron chi connectivity index (χ4n) is 1.16. The molecule has 0 aliphatic heterocycles. The number of hydrogen-bond acceptors (Lipinski definition) is 2. The maximum Gasteiger partial charge on any atom is 0.160 e. The highest BCUT2D eigenvalue weighted by atomic mass is 32.1. The molecule has 1 aromatic heterocycles. The van der Waals surface area contributed by atoms with Crippen molar-refractivity contribution in [3.05, 3.63) is 21.9 Å². The molecule has 1 rings (SSSR count). The van der Waals surface area contributed by atoms with Crippen molar-refractivity contribution in [2.75, 3.05) is 0 Å². The first-order chi connectivity index (χ1) is 5.51. The molecule has 0 bridgehead atoms. The fraction of sp³-hybridized carbons (Fsp3) is 0.500. The molecule has 0 saturated carbocycles. The molecule has 0 unspecified atom stereocenters. The average molecular weight is 182 g/mol. The van der Waals surface area contributed by atoms with Crippen LogP contribution >= 0.6 is 11.3 Å². The van der Waals surface area contributed by atoms with E-state index in [1.54, 1.807) is 0 Å². The first kappa shape index (κ1) is 9.46. The van der Waals surface area contributed by atoms with Crippen LogP contribution in [0, 0.1) is 5.41 Å². The molecule has 0 radical (unpaired) electrons. The minimum absolute atomic E-state index is 0.307. The highest BCUT2D eigenvalue weighted by molar-refractivity contribution is 7.11. The normalized spacial score (nSPS) is 11.6. The first-order valence-corrected chi connectivity index (χ1v) is 4.92. The van der Waals surface area contributed by atoms with Crippen LogP contribution in [0.3, 0.4) is 0 Å². The third kappa shape index (κ3) is 2.78. The lowest BCUT2D eigenvalue weighted by Crippen LogP contribution is -2.08. The highest BCUT2D eigenvalue weighted by Crippen LogP contribution is 2.23. The number of thiophene rings is 1. The van der Waals surface area contributed by atoms with E-state index in [0.29, 0.717) is 5.41 Å². The molecule has 0 atom stereocenters. The number of rotatable bonds is 2. The number of aldehydes is 1. The molecular weight excluding hydrogens is 168 g/mol. The monoisotopic (exact) mass is 182 g/mol. The Labute approximate surface area is 77.4 Å². The minimum Gasteiger partial charge on any atom is -0.297 e. The van der Waals surface area contributed by atoms with Gasteiger partial charge >= 0.3 is 0 Å². The third-order valence-corrected chi connectivity index (χ3v) is 2.43. The fourth-order valence-corrected chi connectivity index (χ4v) is 1.88. The smallest absolute Gasteiger partial charge is 0.160 e. The zero-order valence-electron chi connectivity index (χ0n) is 7.76. The molecule has 1 heterocycles. The van der Waals surface area contributed by atoms with E-state index in [-0.39, 0.29) is 0 Å². The van der Waals surface area contributed by atoms with Gasteiger partial charge in [-0.2, -0.15) is 0 Å². The summed E-state index contributed by atoms with van der Waals surface area (Å²) in [6.07, 6.45) is 1.95. The molecule has 0 aromatic carbocycles. The SMILES string of the molecule is CC(C)(C)Cc1csc(C=O)c1. The summed E-state index contributed by atoms with van der Waals surface area (Å²) in [6, 6.07) is 1.98. The Morgan fingerprint density at radius 3 is 2.58 bits per heavy atom. The maximum atomic E-state index is 10.4. The van der Waals surface area contributed by atoms with Crippen molar-refractivity contribution in [1.82, 2.24) is 0 Å². The van der Waals surface area contributed by atoms with Crippen molar-refractivity contribution < 1.29 is 4.79 Å². The zero-order chi connectivity index (χ0) is 9.19. The summed E-state index contributed by atoms with van der Waals surface area (Å²) in [5.41, 5.74) is 1.58. The van der Waals surface area contributed by atoms with Crippen molar-refractivity contribution in [3.8, 4) is 0 Å². The predicted molar refractivity (Wildman–Crippen MR) is 52.9 cm³/mol. The summed E-state index contributed by atoms with van der Waals surface area (Å²) in [5, 5.41) is 2.06. The maximum absolute atomic E-state index is 10.4. The number of hydrogen-bond donors (Lipinski definition) is 0. The van der Waals surface area contributed by atoms with E-state index < -0.39 is 0 Å². The Morgan fingerprint density at radius 1 is 1.50 bits per heavy atom. The van der Waals surface area contributed by atoms with Crippen LogP contribution in [0.2, 0.25) is 0 Å². The molecule has 0 N–H and O–H groups in total. The number of carbonyl (C=O) groups excluding carboxylic acids is 1. The largest absolute Gasteiger partial charge is 0.297 e. The minimum atomic E-state index is 0.307. The van der Waals surface area contributed by atoms with E-state index in [0.717, 1.165) is 17.6 Å². The summed E-state index contributed by atoms with van der Waals surface area (Å²) in [4.78, 5) is 11.2. The van der Waals surface area contributed by atoms with Crippen molar-refractivity contribution >= 4 is 17.6 Å². The van der Waals surface area contributed by atoms with Crippen LogP contribution in [-0.4, -0.2) is 6.29 Å². The molecule has 66 valence electrons. The summed E-state index contributed by atoms with van der Waals surface area (Å²) in [6.45, 7) is 6.60. The number of carbonyl (C=O) groups is 1. The summed E-state index contributed by atoms with van der Waals surface area (Å²) >= 11 is 1.52. The van der Waals surface area contributed by atoms with Gasteiger partial charge in [0.15, 0.2) is 6.29 Å². The van der Waals surface area contributed by atoms with Crippen LogP contribution in [0.5, 0.6) is 0 Å². The zero-order valence-corrected chi connectivity index (χ0v) is 8.57. The van der Waals surface area contributed by atoms with E-state index in [1.807, 2.05) is 6.07 Å². The first-order valence-electron chi connectivity index (χ1n) is 4.04. The second-order valence-corrected chi connectivity index (χ2v) is 5.16. The van der Waals surface area contributed by atoms with Gasteiger partial charge in [0, 0.05) is 0 Å². The van der Waals surface area contributed by atoms with Gasteiger partial charge < -0.3 is 0 Å². The Bertz CT molecular complexity index is 268. The summed E-state index contributed by atoms with van der Waals surface area (Å²) < 4.78 is 0. The molecule has 0 amide bonds. The quantitative estimate of drug-likeness (QED) is 0.642. The molecule has 0 aliphatic carbocycles. The molecule has 0 spiro atoms. The van der Waals surface area contributed by atoms with E-state index >= 15 is 0 Å².